The van der Waals surface area contributed by atoms with E-state index in [-0.39, 0.29) is 11.8 Å². The van der Waals surface area contributed by atoms with Gasteiger partial charge in [0, 0.05) is 30.6 Å². The van der Waals surface area contributed by atoms with E-state index in [9.17, 15) is 4.79 Å². The van der Waals surface area contributed by atoms with Crippen molar-refractivity contribution in [3.8, 4) is 11.5 Å². The Morgan fingerprint density at radius 2 is 2.06 bits per heavy atom. The molecule has 1 N–H and O–H groups in total. The lowest BCUT2D eigenvalue weighted by molar-refractivity contribution is -0.125. The number of carbonyl (C=O) groups is 1. The van der Waals surface area contributed by atoms with Crippen LogP contribution < -0.4 is 19.7 Å². The molecule has 2 aromatic carbocycles. The smallest absolute Gasteiger partial charge is 0.225 e. The van der Waals surface area contributed by atoms with Crippen molar-refractivity contribution >= 4 is 33.8 Å². The first kappa shape index (κ1) is 21.1. The standard InChI is InChI=1S/C25H26N4O4/c1-31-18-9-10-20(32-2)17(12-18)13-26-25(30)16-6-5-11-29(14-16)24-23-22(27-15-28-24)19-7-3-4-8-21(19)33-23/h3-4,7-10,12,15-16H,5-6,11,13-14H2,1-2H3,(H,26,30)/t16-/m0/s1. The molecule has 0 saturated carbocycles. The molecule has 170 valence electrons. The van der Waals surface area contributed by atoms with E-state index in [1.807, 2.05) is 42.5 Å². The first-order chi connectivity index (χ1) is 16.2. The highest BCUT2D eigenvalue weighted by molar-refractivity contribution is 6.05. The molecule has 1 amide bonds. The molecule has 3 heterocycles. The second kappa shape index (κ2) is 8.97. The molecule has 2 aromatic heterocycles. The number of ether oxygens (including phenoxy) is 2. The number of carbonyl (C=O) groups excluding carboxylic acids is 1. The zero-order valence-electron chi connectivity index (χ0n) is 18.7. The SMILES string of the molecule is COc1ccc(OC)c(CNC(=O)[C@H]2CCCN(c3ncnc4c3oc3ccccc34)C2)c1. The van der Waals surface area contributed by atoms with Crippen molar-refractivity contribution in [2.45, 2.75) is 19.4 Å². The predicted octanol–water partition coefficient (Wildman–Crippen LogP) is 3.93. The number of methoxy groups -OCH3 is 2. The number of hydrogen-bond donors (Lipinski definition) is 1. The van der Waals surface area contributed by atoms with Gasteiger partial charge in [-0.3, -0.25) is 4.79 Å². The van der Waals surface area contributed by atoms with Crippen molar-refractivity contribution in [3.05, 3.63) is 54.4 Å². The van der Waals surface area contributed by atoms with Gasteiger partial charge in [0.1, 0.15) is 28.9 Å². The first-order valence-corrected chi connectivity index (χ1v) is 11.0. The quantitative estimate of drug-likeness (QED) is 0.480. The highest BCUT2D eigenvalue weighted by Crippen LogP contribution is 2.34. The molecule has 1 atom stereocenters. The van der Waals surface area contributed by atoms with Crippen molar-refractivity contribution in [2.24, 2.45) is 5.92 Å². The predicted molar refractivity (Wildman–Crippen MR) is 126 cm³/mol. The molecule has 5 rings (SSSR count). The Bertz CT molecular complexity index is 1300. The van der Waals surface area contributed by atoms with E-state index in [1.165, 1.54) is 0 Å². The largest absolute Gasteiger partial charge is 0.497 e. The van der Waals surface area contributed by atoms with Crippen LogP contribution >= 0.6 is 0 Å². The molecule has 4 aromatic rings. The highest BCUT2D eigenvalue weighted by atomic mass is 16.5. The molecule has 8 heteroatoms. The molecule has 1 aliphatic rings. The van der Waals surface area contributed by atoms with Crippen molar-refractivity contribution < 1.29 is 18.7 Å². The monoisotopic (exact) mass is 446 g/mol. The molecular weight excluding hydrogens is 420 g/mol. The Balaban J connectivity index is 1.33. The number of piperidine rings is 1. The minimum atomic E-state index is -0.148. The number of aromatic nitrogens is 2. The minimum Gasteiger partial charge on any atom is -0.497 e. The van der Waals surface area contributed by atoms with Crippen LogP contribution in [-0.4, -0.2) is 43.2 Å². The third-order valence-corrected chi connectivity index (χ3v) is 6.17. The topological polar surface area (TPSA) is 89.7 Å². The minimum absolute atomic E-state index is 0.0134. The van der Waals surface area contributed by atoms with Crippen molar-refractivity contribution in [2.75, 3.05) is 32.2 Å². The molecule has 1 fully saturated rings. The molecule has 1 aliphatic heterocycles. The highest BCUT2D eigenvalue weighted by Gasteiger charge is 2.28. The van der Waals surface area contributed by atoms with E-state index in [2.05, 4.69) is 20.2 Å². The molecule has 0 unspecified atom stereocenters. The number of rotatable bonds is 6. The van der Waals surface area contributed by atoms with Crippen LogP contribution in [0.3, 0.4) is 0 Å². The van der Waals surface area contributed by atoms with Crippen LogP contribution in [0.5, 0.6) is 11.5 Å². The zero-order chi connectivity index (χ0) is 22.8. The second-order valence-electron chi connectivity index (χ2n) is 8.15. The van der Waals surface area contributed by atoms with E-state index in [0.717, 1.165) is 58.8 Å². The number of nitrogens with one attached hydrogen (secondary N) is 1. The van der Waals surface area contributed by atoms with E-state index in [1.54, 1.807) is 20.5 Å². The fourth-order valence-electron chi connectivity index (χ4n) is 4.47. The summed E-state index contributed by atoms with van der Waals surface area (Å²) in [7, 11) is 3.24. The van der Waals surface area contributed by atoms with Gasteiger partial charge in [-0.2, -0.15) is 0 Å². The number of fused-ring (bicyclic) bond motifs is 3. The number of para-hydroxylation sites is 1. The molecule has 0 aliphatic carbocycles. The number of nitrogens with zero attached hydrogens (tertiary/aromatic N) is 3. The summed E-state index contributed by atoms with van der Waals surface area (Å²) in [6.45, 7) is 1.76. The molecule has 8 nitrogen and oxygen atoms in total. The summed E-state index contributed by atoms with van der Waals surface area (Å²) in [4.78, 5) is 24.1. The Hall–Kier alpha value is -3.81. The molecule has 33 heavy (non-hydrogen) atoms. The van der Waals surface area contributed by atoms with Gasteiger partial charge in [-0.25, -0.2) is 9.97 Å². The van der Waals surface area contributed by atoms with Gasteiger partial charge < -0.3 is 24.1 Å². The van der Waals surface area contributed by atoms with Gasteiger partial charge in [0.2, 0.25) is 5.91 Å². The average molecular weight is 447 g/mol. The maximum atomic E-state index is 13.0. The Labute approximate surface area is 191 Å². The van der Waals surface area contributed by atoms with Gasteiger partial charge in [-0.1, -0.05) is 12.1 Å². The van der Waals surface area contributed by atoms with Crippen LogP contribution in [0, 0.1) is 5.92 Å². The summed E-state index contributed by atoms with van der Waals surface area (Å²) in [6, 6.07) is 13.4. The molecule has 0 spiro atoms. The lowest BCUT2D eigenvalue weighted by Crippen LogP contribution is -2.43. The summed E-state index contributed by atoms with van der Waals surface area (Å²) in [6.07, 6.45) is 3.29. The lowest BCUT2D eigenvalue weighted by atomic mass is 9.97. The molecular formula is C25H26N4O4. The normalized spacial score (nSPS) is 16.2. The Morgan fingerprint density at radius 3 is 2.91 bits per heavy atom. The fraction of sp³-hybridized carbons (Fsp3) is 0.320. The summed E-state index contributed by atoms with van der Waals surface area (Å²) >= 11 is 0. The van der Waals surface area contributed by atoms with Gasteiger partial charge in [0.25, 0.3) is 0 Å². The zero-order valence-corrected chi connectivity index (χ0v) is 18.7. The van der Waals surface area contributed by atoms with Gasteiger partial charge in [-0.05, 0) is 43.2 Å². The van der Waals surface area contributed by atoms with Crippen molar-refractivity contribution in [3.63, 3.8) is 0 Å². The molecule has 0 bridgehead atoms. The Kier molecular flexibility index (Phi) is 5.73. The fourth-order valence-corrected chi connectivity index (χ4v) is 4.47. The molecule has 1 saturated heterocycles. The number of anilines is 1. The number of furan rings is 1. The van der Waals surface area contributed by atoms with Crippen LogP contribution in [0.25, 0.3) is 22.1 Å². The van der Waals surface area contributed by atoms with Crippen molar-refractivity contribution in [1.29, 1.82) is 0 Å². The van der Waals surface area contributed by atoms with Crippen molar-refractivity contribution in [1.82, 2.24) is 15.3 Å². The van der Waals surface area contributed by atoms with Crippen LogP contribution in [0.4, 0.5) is 5.82 Å². The van der Waals surface area contributed by atoms with Gasteiger partial charge in [0.15, 0.2) is 11.4 Å². The van der Waals surface area contributed by atoms with Crippen LogP contribution in [0.1, 0.15) is 18.4 Å². The number of benzene rings is 2. The summed E-state index contributed by atoms with van der Waals surface area (Å²) < 4.78 is 16.8. The third-order valence-electron chi connectivity index (χ3n) is 6.17. The average Bonchev–Trinajstić information content (AvgIpc) is 3.26. The number of hydrogen-bond acceptors (Lipinski definition) is 7. The number of amides is 1. The second-order valence-corrected chi connectivity index (χ2v) is 8.15. The van der Waals surface area contributed by atoms with E-state index in [0.29, 0.717) is 18.7 Å². The van der Waals surface area contributed by atoms with Crippen LogP contribution in [0.15, 0.2) is 53.2 Å². The third kappa shape index (κ3) is 4.04. The summed E-state index contributed by atoms with van der Waals surface area (Å²) in [5, 5.41) is 4.04. The Morgan fingerprint density at radius 1 is 1.18 bits per heavy atom. The summed E-state index contributed by atoms with van der Waals surface area (Å²) in [5.74, 6) is 2.05. The molecule has 0 radical (unpaired) electrons. The van der Waals surface area contributed by atoms with Gasteiger partial charge in [0.05, 0.1) is 20.1 Å². The first-order valence-electron chi connectivity index (χ1n) is 11.0. The summed E-state index contributed by atoms with van der Waals surface area (Å²) in [5.41, 5.74) is 3.12. The van der Waals surface area contributed by atoms with E-state index in [4.69, 9.17) is 13.9 Å². The maximum absolute atomic E-state index is 13.0. The van der Waals surface area contributed by atoms with Gasteiger partial charge in [-0.15, -0.1) is 0 Å². The van der Waals surface area contributed by atoms with Crippen LogP contribution in [0.2, 0.25) is 0 Å². The van der Waals surface area contributed by atoms with Gasteiger partial charge >= 0.3 is 0 Å². The maximum Gasteiger partial charge on any atom is 0.225 e. The lowest BCUT2D eigenvalue weighted by Gasteiger charge is -2.32. The van der Waals surface area contributed by atoms with E-state index < -0.39 is 0 Å². The van der Waals surface area contributed by atoms with Crippen LogP contribution in [-0.2, 0) is 11.3 Å². The van der Waals surface area contributed by atoms with E-state index >= 15 is 0 Å².